The van der Waals surface area contributed by atoms with E-state index in [1.165, 1.54) is 20.8 Å². The van der Waals surface area contributed by atoms with Gasteiger partial charge in [-0.3, -0.25) is 14.2 Å². The van der Waals surface area contributed by atoms with Crippen LogP contribution in [0.3, 0.4) is 0 Å². The number of fused-ring (bicyclic) bond motifs is 2. The number of hydrogen-bond acceptors (Lipinski definition) is 5. The highest BCUT2D eigenvalue weighted by Gasteiger charge is 2.24. The fourth-order valence-electron chi connectivity index (χ4n) is 3.75. The molecule has 0 aliphatic heterocycles. The van der Waals surface area contributed by atoms with Crippen molar-refractivity contribution in [2.24, 2.45) is 0 Å². The number of nitrogens with zero attached hydrogens (tertiary/aromatic N) is 3. The highest BCUT2D eigenvalue weighted by molar-refractivity contribution is 7.16. The molecule has 1 N–H and O–H groups in total. The van der Waals surface area contributed by atoms with Gasteiger partial charge >= 0.3 is 0 Å². The molecule has 2 aliphatic rings. The third kappa shape index (κ3) is 2.67. The van der Waals surface area contributed by atoms with Gasteiger partial charge in [0.05, 0.1) is 11.3 Å². The number of hydrogen-bond donors (Lipinski definition) is 1. The van der Waals surface area contributed by atoms with Gasteiger partial charge in [-0.2, -0.15) is 5.26 Å². The summed E-state index contributed by atoms with van der Waals surface area (Å²) in [7, 11) is 0. The maximum absolute atomic E-state index is 12.6. The van der Waals surface area contributed by atoms with E-state index in [4.69, 9.17) is 0 Å². The first-order valence-corrected chi connectivity index (χ1v) is 9.34. The fraction of sp³-hybridized carbons (Fsp3) is 0.444. The Hall–Kier alpha value is -2.46. The zero-order valence-corrected chi connectivity index (χ0v) is 14.8. The standard InChI is InChI=1S/C18H18N4O2S/c1-10-20-14-6-2-5-12(14)18(24)22(10)9-16(23)21-17-13(8-19)11-4-3-7-15(11)25-17/h2-7,9H2,1H3,(H,21,23). The molecule has 0 radical (unpaired) electrons. The zero-order valence-electron chi connectivity index (χ0n) is 14.0. The molecule has 0 bridgehead atoms. The minimum atomic E-state index is -0.290. The summed E-state index contributed by atoms with van der Waals surface area (Å²) in [5, 5.41) is 12.8. The zero-order chi connectivity index (χ0) is 17.6. The summed E-state index contributed by atoms with van der Waals surface area (Å²) in [4.78, 5) is 30.8. The molecule has 0 spiro atoms. The van der Waals surface area contributed by atoms with E-state index in [-0.39, 0.29) is 18.0 Å². The summed E-state index contributed by atoms with van der Waals surface area (Å²) in [6.07, 6.45) is 5.46. The molecule has 2 aromatic rings. The second kappa shape index (κ2) is 6.12. The van der Waals surface area contributed by atoms with Gasteiger partial charge in [-0.25, -0.2) is 4.98 Å². The van der Waals surface area contributed by atoms with Gasteiger partial charge in [0.25, 0.3) is 5.56 Å². The van der Waals surface area contributed by atoms with E-state index in [9.17, 15) is 14.9 Å². The second-order valence-corrected chi connectivity index (χ2v) is 7.66. The highest BCUT2D eigenvalue weighted by Crippen LogP contribution is 2.38. The van der Waals surface area contributed by atoms with Crippen LogP contribution in [0.15, 0.2) is 4.79 Å². The summed E-state index contributed by atoms with van der Waals surface area (Å²) in [5.41, 5.74) is 3.17. The number of thiophene rings is 1. The van der Waals surface area contributed by atoms with Crippen molar-refractivity contribution in [2.75, 3.05) is 5.32 Å². The van der Waals surface area contributed by atoms with Crippen LogP contribution >= 0.6 is 11.3 Å². The summed E-state index contributed by atoms with van der Waals surface area (Å²) >= 11 is 1.48. The molecule has 128 valence electrons. The minimum absolute atomic E-state index is 0.0710. The molecule has 0 saturated carbocycles. The van der Waals surface area contributed by atoms with Crippen LogP contribution < -0.4 is 10.9 Å². The molecule has 2 aliphatic carbocycles. The van der Waals surface area contributed by atoms with Crippen LogP contribution in [-0.4, -0.2) is 15.5 Å². The number of aryl methyl sites for hydroxylation is 3. The summed E-state index contributed by atoms with van der Waals surface area (Å²) < 4.78 is 1.44. The third-order valence-corrected chi connectivity index (χ3v) is 6.17. The van der Waals surface area contributed by atoms with Crippen molar-refractivity contribution in [3.63, 3.8) is 0 Å². The highest BCUT2D eigenvalue weighted by atomic mass is 32.1. The Kier molecular flexibility index (Phi) is 3.92. The third-order valence-electron chi connectivity index (χ3n) is 4.97. The molecular formula is C18H18N4O2S. The normalized spacial score (nSPS) is 14.9. The Morgan fingerprint density at radius 2 is 2.04 bits per heavy atom. The number of carbonyl (C=O) groups is 1. The van der Waals surface area contributed by atoms with Crippen molar-refractivity contribution in [2.45, 2.75) is 52.0 Å². The predicted octanol–water partition coefficient (Wildman–Crippen LogP) is 2.10. The molecule has 1 amide bonds. The van der Waals surface area contributed by atoms with Gasteiger partial charge in [0, 0.05) is 10.4 Å². The van der Waals surface area contributed by atoms with E-state index in [2.05, 4.69) is 16.4 Å². The van der Waals surface area contributed by atoms with E-state index >= 15 is 0 Å². The summed E-state index contributed by atoms with van der Waals surface area (Å²) in [5.74, 6) is 0.274. The molecule has 0 saturated heterocycles. The maximum atomic E-state index is 12.6. The first-order chi connectivity index (χ1) is 12.1. The largest absolute Gasteiger partial charge is 0.315 e. The van der Waals surface area contributed by atoms with Gasteiger partial charge in [0.2, 0.25) is 5.91 Å². The van der Waals surface area contributed by atoms with E-state index in [1.807, 2.05) is 0 Å². The Bertz CT molecular complexity index is 980. The number of rotatable bonds is 3. The van der Waals surface area contributed by atoms with Crippen molar-refractivity contribution in [1.29, 1.82) is 5.26 Å². The van der Waals surface area contributed by atoms with Crippen molar-refractivity contribution in [3.8, 4) is 6.07 Å². The van der Waals surface area contributed by atoms with Gasteiger partial charge in [-0.1, -0.05) is 0 Å². The van der Waals surface area contributed by atoms with Gasteiger partial charge in [-0.05, 0) is 51.0 Å². The molecule has 25 heavy (non-hydrogen) atoms. The van der Waals surface area contributed by atoms with Crippen LogP contribution in [0.4, 0.5) is 5.00 Å². The lowest BCUT2D eigenvalue weighted by atomic mass is 10.1. The second-order valence-electron chi connectivity index (χ2n) is 6.55. The molecule has 0 unspecified atom stereocenters. The number of anilines is 1. The molecular weight excluding hydrogens is 336 g/mol. The van der Waals surface area contributed by atoms with Crippen molar-refractivity contribution in [1.82, 2.24) is 9.55 Å². The van der Waals surface area contributed by atoms with Gasteiger partial charge in [0.15, 0.2) is 0 Å². The van der Waals surface area contributed by atoms with Gasteiger partial charge in [0.1, 0.15) is 23.4 Å². The molecule has 0 aromatic carbocycles. The number of nitrogens with one attached hydrogen (secondary N) is 1. The monoisotopic (exact) mass is 354 g/mol. The van der Waals surface area contributed by atoms with E-state index in [1.54, 1.807) is 6.92 Å². The van der Waals surface area contributed by atoms with Crippen LogP contribution in [-0.2, 0) is 37.0 Å². The topological polar surface area (TPSA) is 87.8 Å². The lowest BCUT2D eigenvalue weighted by molar-refractivity contribution is -0.116. The predicted molar refractivity (Wildman–Crippen MR) is 94.9 cm³/mol. The smallest absolute Gasteiger partial charge is 0.257 e. The number of carbonyl (C=O) groups excluding carboxylic acids is 1. The Morgan fingerprint density at radius 3 is 2.84 bits per heavy atom. The van der Waals surface area contributed by atoms with Crippen molar-refractivity contribution >= 4 is 22.2 Å². The average Bonchev–Trinajstić information content (AvgIpc) is 3.26. The quantitative estimate of drug-likeness (QED) is 0.914. The average molecular weight is 354 g/mol. The Morgan fingerprint density at radius 1 is 1.28 bits per heavy atom. The molecule has 0 atom stereocenters. The van der Waals surface area contributed by atoms with Crippen LogP contribution in [0.1, 0.15) is 45.9 Å². The number of nitriles is 1. The lowest BCUT2D eigenvalue weighted by Crippen LogP contribution is -2.32. The van der Waals surface area contributed by atoms with E-state index in [0.29, 0.717) is 16.4 Å². The van der Waals surface area contributed by atoms with Crippen LogP contribution in [0, 0.1) is 18.3 Å². The van der Waals surface area contributed by atoms with E-state index in [0.717, 1.165) is 55.3 Å². The summed E-state index contributed by atoms with van der Waals surface area (Å²) in [6, 6.07) is 2.22. The van der Waals surface area contributed by atoms with Crippen LogP contribution in [0.5, 0.6) is 0 Å². The number of aromatic nitrogens is 2. The fourth-order valence-corrected chi connectivity index (χ4v) is 5.01. The first kappa shape index (κ1) is 16.0. The Labute approximate surface area is 149 Å². The minimum Gasteiger partial charge on any atom is -0.315 e. The first-order valence-electron chi connectivity index (χ1n) is 8.52. The molecule has 7 heteroatoms. The molecule has 6 nitrogen and oxygen atoms in total. The molecule has 2 aromatic heterocycles. The molecule has 2 heterocycles. The summed E-state index contributed by atoms with van der Waals surface area (Å²) in [6.45, 7) is 1.69. The molecule has 0 fully saturated rings. The Balaban J connectivity index is 1.58. The maximum Gasteiger partial charge on any atom is 0.257 e. The molecule has 4 rings (SSSR count). The van der Waals surface area contributed by atoms with Gasteiger partial charge in [-0.15, -0.1) is 11.3 Å². The van der Waals surface area contributed by atoms with E-state index < -0.39 is 0 Å². The number of amides is 1. The SMILES string of the molecule is Cc1nc2c(c(=O)n1CC(=O)Nc1sc3c(c1C#N)CCC3)CCC2. The van der Waals surface area contributed by atoms with Crippen LogP contribution in [0.25, 0.3) is 0 Å². The van der Waals surface area contributed by atoms with Gasteiger partial charge < -0.3 is 5.32 Å². The lowest BCUT2D eigenvalue weighted by Gasteiger charge is -2.11. The van der Waals surface area contributed by atoms with Crippen molar-refractivity contribution < 1.29 is 4.79 Å². The van der Waals surface area contributed by atoms with Crippen LogP contribution in [0.2, 0.25) is 0 Å². The van der Waals surface area contributed by atoms with Crippen molar-refractivity contribution in [3.05, 3.63) is 43.4 Å².